The van der Waals surface area contributed by atoms with E-state index in [1.165, 1.54) is 12.1 Å². The average molecular weight is 700 g/mol. The number of anilines is 1. The number of carbonyl (C=O) groups is 3. The number of amidine groups is 1. The van der Waals surface area contributed by atoms with Crippen molar-refractivity contribution in [3.8, 4) is 0 Å². The normalized spacial score (nSPS) is 17.2. The van der Waals surface area contributed by atoms with Crippen molar-refractivity contribution in [1.29, 1.82) is 5.41 Å². The lowest BCUT2D eigenvalue weighted by molar-refractivity contribution is -0.192. The molecule has 6 N–H and O–H groups in total. The quantitative estimate of drug-likeness (QED) is 0.0920. The van der Waals surface area contributed by atoms with Crippen molar-refractivity contribution in [2.75, 3.05) is 25.4 Å². The number of amides is 2. The third kappa shape index (κ3) is 12.3. The Hall–Kier alpha value is -4.30. The summed E-state index contributed by atoms with van der Waals surface area (Å²) in [6, 6.07) is 11.0. The molecule has 270 valence electrons. The number of hydrogen-bond donors (Lipinski definition) is 5. The summed E-state index contributed by atoms with van der Waals surface area (Å²) in [4.78, 5) is 38.4. The number of carbonyl (C=O) groups excluding carboxylic acids is 2. The molecule has 4 rings (SSSR count). The first-order chi connectivity index (χ1) is 23.0. The number of carboxylic acids is 1. The summed E-state index contributed by atoms with van der Waals surface area (Å²) in [5.74, 6) is -3.59. The molecule has 9 nitrogen and oxygen atoms in total. The molecule has 0 radical (unpaired) electrons. The van der Waals surface area contributed by atoms with Crippen LogP contribution >= 0.6 is 0 Å². The Balaban J connectivity index is 0.000000838. The molecule has 2 atom stereocenters. The summed E-state index contributed by atoms with van der Waals surface area (Å²) >= 11 is 0. The van der Waals surface area contributed by atoms with Gasteiger partial charge in [-0.15, -0.1) is 0 Å². The number of hydrogen-bond acceptors (Lipinski definition) is 5. The molecule has 2 amide bonds. The van der Waals surface area contributed by atoms with Crippen LogP contribution in [0.4, 0.5) is 32.0 Å². The largest absolute Gasteiger partial charge is 0.490 e. The average Bonchev–Trinajstić information content (AvgIpc) is 3.05. The van der Waals surface area contributed by atoms with E-state index in [0.717, 1.165) is 75.7 Å². The van der Waals surface area contributed by atoms with Crippen LogP contribution < -0.4 is 16.4 Å². The number of alkyl halides is 6. The van der Waals surface area contributed by atoms with Crippen LogP contribution in [0.15, 0.2) is 48.5 Å². The Morgan fingerprint density at radius 3 is 2.06 bits per heavy atom. The third-order valence-electron chi connectivity index (χ3n) is 8.95. The summed E-state index contributed by atoms with van der Waals surface area (Å²) in [5.41, 5.74) is 6.55. The number of carboxylic acid groups (broad SMARTS) is 1. The van der Waals surface area contributed by atoms with Crippen molar-refractivity contribution >= 4 is 29.3 Å². The van der Waals surface area contributed by atoms with Crippen molar-refractivity contribution in [1.82, 2.24) is 15.5 Å². The first-order valence-corrected chi connectivity index (χ1v) is 16.2. The zero-order valence-electron chi connectivity index (χ0n) is 27.2. The molecule has 1 saturated carbocycles. The van der Waals surface area contributed by atoms with Crippen molar-refractivity contribution in [2.24, 2.45) is 11.8 Å². The number of rotatable bonds is 9. The molecular formula is C34H43F6N5O4. The van der Waals surface area contributed by atoms with E-state index in [9.17, 15) is 35.9 Å². The highest BCUT2D eigenvalue weighted by Crippen LogP contribution is 2.33. The number of nitrogens with zero attached hydrogens (tertiary/aromatic N) is 1. The van der Waals surface area contributed by atoms with Crippen LogP contribution in [0.3, 0.4) is 0 Å². The van der Waals surface area contributed by atoms with E-state index in [4.69, 9.17) is 21.0 Å². The van der Waals surface area contributed by atoms with Crippen molar-refractivity contribution in [3.63, 3.8) is 0 Å². The molecule has 0 spiro atoms. The fourth-order valence-electron chi connectivity index (χ4n) is 6.13. The van der Waals surface area contributed by atoms with Crippen LogP contribution in [0.2, 0.25) is 0 Å². The highest BCUT2D eigenvalue weighted by Gasteiger charge is 2.38. The van der Waals surface area contributed by atoms with Crippen LogP contribution in [0.25, 0.3) is 0 Å². The van der Waals surface area contributed by atoms with E-state index in [2.05, 4.69) is 10.6 Å². The number of aliphatic carboxylic acids is 1. The van der Waals surface area contributed by atoms with Gasteiger partial charge in [0.25, 0.3) is 0 Å². The second-order valence-electron chi connectivity index (χ2n) is 12.6. The van der Waals surface area contributed by atoms with E-state index in [1.807, 2.05) is 4.90 Å². The Bertz CT molecular complexity index is 1420. The van der Waals surface area contributed by atoms with Gasteiger partial charge in [0.15, 0.2) is 0 Å². The molecule has 0 aromatic heterocycles. The van der Waals surface area contributed by atoms with Crippen LogP contribution in [-0.4, -0.2) is 65.5 Å². The number of benzene rings is 2. The van der Waals surface area contributed by atoms with Gasteiger partial charge in [-0.3, -0.25) is 15.0 Å². The minimum atomic E-state index is -5.08. The fourth-order valence-corrected chi connectivity index (χ4v) is 6.13. The van der Waals surface area contributed by atoms with Gasteiger partial charge in [-0.25, -0.2) is 4.79 Å². The maximum absolute atomic E-state index is 13.9. The van der Waals surface area contributed by atoms with Gasteiger partial charge in [0, 0.05) is 25.3 Å². The number of halogens is 6. The molecule has 1 aliphatic carbocycles. The summed E-state index contributed by atoms with van der Waals surface area (Å²) in [6.07, 6.45) is -3.10. The smallest absolute Gasteiger partial charge is 0.475 e. The van der Waals surface area contributed by atoms with Crippen molar-refractivity contribution in [2.45, 2.75) is 82.6 Å². The Morgan fingerprint density at radius 2 is 1.53 bits per heavy atom. The van der Waals surface area contributed by atoms with Gasteiger partial charge in [-0.1, -0.05) is 49.6 Å². The van der Waals surface area contributed by atoms with Gasteiger partial charge >= 0.3 is 18.3 Å². The maximum Gasteiger partial charge on any atom is 0.490 e. The second-order valence-corrected chi connectivity index (χ2v) is 12.6. The van der Waals surface area contributed by atoms with Gasteiger partial charge in [-0.05, 0) is 80.2 Å². The van der Waals surface area contributed by atoms with Gasteiger partial charge in [-0.2, -0.15) is 26.3 Å². The third-order valence-corrected chi connectivity index (χ3v) is 8.95. The van der Waals surface area contributed by atoms with Crippen LogP contribution in [0, 0.1) is 17.2 Å². The van der Waals surface area contributed by atoms with Crippen molar-refractivity contribution < 1.29 is 45.8 Å². The summed E-state index contributed by atoms with van der Waals surface area (Å²) in [7, 11) is 0. The van der Waals surface area contributed by atoms with E-state index >= 15 is 0 Å². The zero-order valence-corrected chi connectivity index (χ0v) is 27.2. The lowest BCUT2D eigenvalue weighted by Gasteiger charge is -2.34. The van der Waals surface area contributed by atoms with Crippen molar-refractivity contribution in [3.05, 3.63) is 65.2 Å². The highest BCUT2D eigenvalue weighted by atomic mass is 19.4. The fraction of sp³-hybridized carbons (Fsp3) is 0.529. The number of nitrogens with one attached hydrogen (secondary N) is 3. The van der Waals surface area contributed by atoms with E-state index in [0.29, 0.717) is 18.1 Å². The van der Waals surface area contributed by atoms with Gasteiger partial charge in [0.2, 0.25) is 11.8 Å². The predicted octanol–water partition coefficient (Wildman–Crippen LogP) is 6.14. The molecule has 2 aromatic carbocycles. The second kappa shape index (κ2) is 17.4. The number of nitrogen functional groups attached to an aromatic ring is 1. The first-order valence-electron chi connectivity index (χ1n) is 16.2. The monoisotopic (exact) mass is 699 g/mol. The lowest BCUT2D eigenvalue weighted by atomic mass is 9.82. The predicted molar refractivity (Wildman–Crippen MR) is 172 cm³/mol. The first kappa shape index (κ1) is 39.1. The Morgan fingerprint density at radius 1 is 0.939 bits per heavy atom. The van der Waals surface area contributed by atoms with Gasteiger partial charge in [0.1, 0.15) is 6.04 Å². The molecule has 0 bridgehead atoms. The van der Waals surface area contributed by atoms with Crippen LogP contribution in [-0.2, 0) is 27.0 Å². The topological polar surface area (TPSA) is 149 Å². The van der Waals surface area contributed by atoms with Gasteiger partial charge < -0.3 is 26.4 Å². The number of likely N-dealkylation sites (tertiary alicyclic amines) is 1. The molecule has 2 aliphatic rings. The maximum atomic E-state index is 13.9. The molecule has 1 saturated heterocycles. The summed E-state index contributed by atoms with van der Waals surface area (Å²) < 4.78 is 72.5. The molecule has 49 heavy (non-hydrogen) atoms. The summed E-state index contributed by atoms with van der Waals surface area (Å²) in [5, 5.41) is 21.0. The Labute approximate surface area is 281 Å². The summed E-state index contributed by atoms with van der Waals surface area (Å²) in [6.45, 7) is 3.83. The molecule has 2 fully saturated rings. The molecular weight excluding hydrogens is 656 g/mol. The molecule has 1 heterocycles. The van der Waals surface area contributed by atoms with E-state index in [1.54, 1.807) is 31.2 Å². The van der Waals surface area contributed by atoms with Crippen LogP contribution in [0.1, 0.15) is 74.5 Å². The standard InChI is InChI=1S/C32H42F3N5O2.C2HF3O2/c1-21(36)40-16-14-23(15-17-40)20-38-31(42)29(24-6-3-2-4-7-24)39-30(41)28(18-22-10-12-27(37)13-11-22)25-8-5-9-26(19-25)32(33,34)35;3-2(4,5)1(6)7/h5,8-13,19,23-24,28-29,36H,2-4,6-7,14-18,20,37H2,1H3,(H,38,42)(H,39,41);(H,6,7)/t28?,29-;/m0./s1. The molecule has 1 unspecified atom stereocenters. The number of nitrogens with two attached hydrogens (primary N) is 1. The van der Waals surface area contributed by atoms with Crippen LogP contribution in [0.5, 0.6) is 0 Å². The zero-order chi connectivity index (χ0) is 36.4. The van der Waals surface area contributed by atoms with Gasteiger partial charge in [0.05, 0.1) is 17.3 Å². The highest BCUT2D eigenvalue weighted by molar-refractivity contribution is 5.91. The van der Waals surface area contributed by atoms with E-state index < -0.39 is 41.8 Å². The number of piperidine rings is 1. The molecule has 1 aliphatic heterocycles. The van der Waals surface area contributed by atoms with E-state index in [-0.39, 0.29) is 29.7 Å². The molecule has 2 aromatic rings. The molecule has 15 heteroatoms. The Kier molecular flexibility index (Phi) is 13.9. The lowest BCUT2D eigenvalue weighted by Crippen LogP contribution is -2.53. The minimum absolute atomic E-state index is 0.0382. The minimum Gasteiger partial charge on any atom is -0.475 e. The SMILES string of the molecule is CC(=N)N1CCC(CNC(=O)[C@@H](NC(=O)C(Cc2ccc(N)cc2)c2cccc(C(F)(F)F)c2)C2CCCCC2)CC1.O=C(O)C(F)(F)F.